The molecule has 0 bridgehead atoms. The number of hydrogen-bond acceptors (Lipinski definition) is 5. The van der Waals surface area contributed by atoms with Crippen molar-refractivity contribution in [3.8, 4) is 0 Å². The van der Waals surface area contributed by atoms with Gasteiger partial charge in [-0.05, 0) is 17.7 Å². The molecule has 0 fully saturated rings. The molecule has 1 radical (unpaired) electrons. The molecule has 0 saturated carbocycles. The SMILES string of the molecule is O=C(CNC(=O)c1ccccc1)OC(=O)C(O)Cc1ccccc1.[Na]. The molecule has 7 heteroatoms. The van der Waals surface area contributed by atoms with E-state index in [2.05, 4.69) is 10.1 Å². The van der Waals surface area contributed by atoms with Crippen LogP contribution in [0.25, 0.3) is 0 Å². The van der Waals surface area contributed by atoms with E-state index in [0.717, 1.165) is 5.56 Å². The summed E-state index contributed by atoms with van der Waals surface area (Å²) in [5.74, 6) is -2.43. The first-order chi connectivity index (χ1) is 11.6. The largest absolute Gasteiger partial charge is 0.390 e. The molecule has 2 N–H and O–H groups in total. The first-order valence-corrected chi connectivity index (χ1v) is 7.36. The Balaban J connectivity index is 0.00000312. The molecule has 2 aromatic carbocycles. The topological polar surface area (TPSA) is 92.7 Å². The molecule has 2 rings (SSSR count). The molecular formula is C18H17NNaO5. The van der Waals surface area contributed by atoms with Crippen LogP contribution in [0.2, 0.25) is 0 Å². The quantitative estimate of drug-likeness (QED) is 0.455. The van der Waals surface area contributed by atoms with Crippen molar-refractivity contribution in [3.05, 3.63) is 71.8 Å². The number of amides is 1. The molecule has 2 aromatic rings. The van der Waals surface area contributed by atoms with Crippen molar-refractivity contribution in [2.75, 3.05) is 6.54 Å². The monoisotopic (exact) mass is 350 g/mol. The fourth-order valence-electron chi connectivity index (χ4n) is 1.98. The summed E-state index contributed by atoms with van der Waals surface area (Å²) in [4.78, 5) is 35.0. The van der Waals surface area contributed by atoms with Crippen LogP contribution in [0.1, 0.15) is 15.9 Å². The third-order valence-corrected chi connectivity index (χ3v) is 3.19. The number of carbonyl (C=O) groups is 3. The van der Waals surface area contributed by atoms with Gasteiger partial charge in [0.1, 0.15) is 6.54 Å². The molecule has 125 valence electrons. The van der Waals surface area contributed by atoms with E-state index in [1.54, 1.807) is 54.6 Å². The molecule has 0 aromatic heterocycles. The second-order valence-electron chi connectivity index (χ2n) is 5.05. The van der Waals surface area contributed by atoms with Gasteiger partial charge in [0, 0.05) is 41.5 Å². The Morgan fingerprint density at radius 1 is 0.960 bits per heavy atom. The summed E-state index contributed by atoms with van der Waals surface area (Å²) in [7, 11) is 0. The number of rotatable bonds is 6. The van der Waals surface area contributed by atoms with E-state index in [0.29, 0.717) is 5.56 Å². The molecule has 6 nitrogen and oxygen atoms in total. The van der Waals surface area contributed by atoms with Crippen molar-refractivity contribution in [3.63, 3.8) is 0 Å². The maximum absolute atomic E-state index is 11.8. The number of nitrogens with one attached hydrogen (secondary N) is 1. The van der Waals surface area contributed by atoms with Crippen LogP contribution in [-0.2, 0) is 20.7 Å². The zero-order valence-corrected chi connectivity index (χ0v) is 15.8. The van der Waals surface area contributed by atoms with Gasteiger partial charge in [-0.25, -0.2) is 9.59 Å². The maximum atomic E-state index is 11.8. The third-order valence-electron chi connectivity index (χ3n) is 3.19. The van der Waals surface area contributed by atoms with Crippen LogP contribution in [0.5, 0.6) is 0 Å². The van der Waals surface area contributed by atoms with E-state index in [-0.39, 0.29) is 36.0 Å². The minimum atomic E-state index is -1.44. The van der Waals surface area contributed by atoms with Crippen molar-refractivity contribution in [1.82, 2.24) is 5.32 Å². The van der Waals surface area contributed by atoms with Gasteiger partial charge in [-0.3, -0.25) is 4.79 Å². The van der Waals surface area contributed by atoms with Gasteiger partial charge in [0.15, 0.2) is 6.10 Å². The molecule has 0 saturated heterocycles. The van der Waals surface area contributed by atoms with Crippen LogP contribution in [-0.4, -0.2) is 65.2 Å². The van der Waals surface area contributed by atoms with Crippen molar-refractivity contribution in [2.45, 2.75) is 12.5 Å². The maximum Gasteiger partial charge on any atom is 0.342 e. The van der Waals surface area contributed by atoms with Crippen LogP contribution in [0.3, 0.4) is 0 Å². The molecule has 1 unspecified atom stereocenters. The summed E-state index contributed by atoms with van der Waals surface area (Å²) in [6, 6.07) is 17.2. The van der Waals surface area contributed by atoms with Gasteiger partial charge in [-0.1, -0.05) is 48.5 Å². The second-order valence-corrected chi connectivity index (χ2v) is 5.05. The molecule has 25 heavy (non-hydrogen) atoms. The number of aliphatic hydroxyl groups is 1. The van der Waals surface area contributed by atoms with Crippen molar-refractivity contribution >= 4 is 47.4 Å². The van der Waals surface area contributed by atoms with Crippen LogP contribution < -0.4 is 5.32 Å². The average molecular weight is 350 g/mol. The summed E-state index contributed by atoms with van der Waals surface area (Å²) in [5.41, 5.74) is 1.13. The predicted octanol–water partition coefficient (Wildman–Crippen LogP) is 0.709. The molecule has 0 aliphatic carbocycles. The van der Waals surface area contributed by atoms with Gasteiger partial charge in [0.25, 0.3) is 5.91 Å². The number of esters is 2. The molecular weight excluding hydrogens is 333 g/mol. The fourth-order valence-corrected chi connectivity index (χ4v) is 1.98. The van der Waals surface area contributed by atoms with E-state index >= 15 is 0 Å². The smallest absolute Gasteiger partial charge is 0.342 e. The molecule has 0 aliphatic heterocycles. The molecule has 0 aliphatic rings. The number of carbonyl (C=O) groups excluding carboxylic acids is 3. The Bertz CT molecular complexity index is 706. The van der Waals surface area contributed by atoms with Crippen LogP contribution in [0.15, 0.2) is 60.7 Å². The van der Waals surface area contributed by atoms with Gasteiger partial charge in [0.2, 0.25) is 0 Å². The van der Waals surface area contributed by atoms with E-state index in [4.69, 9.17) is 0 Å². The van der Waals surface area contributed by atoms with Crippen molar-refractivity contribution < 1.29 is 24.2 Å². The minimum absolute atomic E-state index is 0. The molecule has 1 amide bonds. The van der Waals surface area contributed by atoms with E-state index < -0.39 is 30.5 Å². The van der Waals surface area contributed by atoms with Crippen molar-refractivity contribution in [2.24, 2.45) is 0 Å². The number of benzene rings is 2. The normalized spacial score (nSPS) is 10.9. The zero-order chi connectivity index (χ0) is 17.4. The summed E-state index contributed by atoms with van der Waals surface area (Å²) < 4.78 is 4.53. The van der Waals surface area contributed by atoms with Crippen molar-refractivity contribution in [1.29, 1.82) is 0 Å². The standard InChI is InChI=1S/C18H17NO5.Na/c20-15(11-13-7-3-1-4-8-13)18(23)24-16(21)12-19-17(22)14-9-5-2-6-10-14;/h1-10,15,20H,11-12H2,(H,19,22);. The Morgan fingerprint density at radius 2 is 1.52 bits per heavy atom. The zero-order valence-electron chi connectivity index (χ0n) is 13.8. The minimum Gasteiger partial charge on any atom is -0.390 e. The Kier molecular flexibility index (Phi) is 9.08. The van der Waals surface area contributed by atoms with Gasteiger partial charge in [0.05, 0.1) is 0 Å². The second kappa shape index (κ2) is 10.8. The van der Waals surface area contributed by atoms with E-state index in [9.17, 15) is 19.5 Å². The Labute approximate surface area is 167 Å². The van der Waals surface area contributed by atoms with Gasteiger partial charge < -0.3 is 15.2 Å². The van der Waals surface area contributed by atoms with Crippen LogP contribution >= 0.6 is 0 Å². The van der Waals surface area contributed by atoms with Gasteiger partial charge >= 0.3 is 11.9 Å². The summed E-state index contributed by atoms with van der Waals surface area (Å²) in [6.07, 6.45) is -1.40. The average Bonchev–Trinajstić information content (AvgIpc) is 2.61. The van der Waals surface area contributed by atoms with Crippen LogP contribution in [0, 0.1) is 0 Å². The van der Waals surface area contributed by atoms with E-state index in [1.807, 2.05) is 6.07 Å². The summed E-state index contributed by atoms with van der Waals surface area (Å²) in [6.45, 7) is -0.461. The van der Waals surface area contributed by atoms with Crippen LogP contribution in [0.4, 0.5) is 0 Å². The van der Waals surface area contributed by atoms with Gasteiger partial charge in [-0.2, -0.15) is 0 Å². The number of hydrogen-bond donors (Lipinski definition) is 2. The number of ether oxygens (including phenoxy) is 1. The van der Waals surface area contributed by atoms with Gasteiger partial charge in [-0.15, -0.1) is 0 Å². The molecule has 1 atom stereocenters. The Morgan fingerprint density at radius 3 is 2.12 bits per heavy atom. The fraction of sp³-hybridized carbons (Fsp3) is 0.167. The Hall–Kier alpha value is -1.99. The third kappa shape index (κ3) is 7.19. The first kappa shape index (κ1) is 21.1. The predicted molar refractivity (Wildman–Crippen MR) is 91.8 cm³/mol. The number of aliphatic hydroxyl groups excluding tert-OH is 1. The first-order valence-electron chi connectivity index (χ1n) is 7.36. The molecule has 0 heterocycles. The van der Waals surface area contributed by atoms with E-state index in [1.165, 1.54) is 0 Å². The summed E-state index contributed by atoms with van der Waals surface area (Å²) >= 11 is 0. The molecule has 0 spiro atoms. The summed E-state index contributed by atoms with van der Waals surface area (Å²) in [5, 5.41) is 12.1.